The summed E-state index contributed by atoms with van der Waals surface area (Å²) in [5, 5.41) is 2.33. The van der Waals surface area contributed by atoms with Crippen molar-refractivity contribution in [3.8, 4) is 0 Å². The van der Waals surface area contributed by atoms with E-state index in [0.29, 0.717) is 25.0 Å². The Morgan fingerprint density at radius 1 is 1.25 bits per heavy atom. The van der Waals surface area contributed by atoms with Crippen LogP contribution in [0.4, 0.5) is 23.2 Å². The molecule has 0 saturated heterocycles. The van der Waals surface area contributed by atoms with Gasteiger partial charge < -0.3 is 11.1 Å². The Bertz CT molecular complexity index is 522. The van der Waals surface area contributed by atoms with Gasteiger partial charge in [-0.25, -0.2) is 4.39 Å². The van der Waals surface area contributed by atoms with Gasteiger partial charge in [-0.3, -0.25) is 4.79 Å². The molecule has 3 nitrogen and oxygen atoms in total. The molecule has 0 radical (unpaired) electrons. The van der Waals surface area contributed by atoms with Crippen LogP contribution >= 0.6 is 0 Å². The lowest BCUT2D eigenvalue weighted by Gasteiger charge is -2.22. The third-order valence-electron chi connectivity index (χ3n) is 3.48. The van der Waals surface area contributed by atoms with E-state index < -0.39 is 29.0 Å². The Morgan fingerprint density at radius 3 is 2.40 bits per heavy atom. The molecular formula is C13H14F4N2O. The topological polar surface area (TPSA) is 55.1 Å². The van der Waals surface area contributed by atoms with Gasteiger partial charge in [-0.05, 0) is 31.0 Å². The summed E-state index contributed by atoms with van der Waals surface area (Å²) in [6.45, 7) is 0. The summed E-state index contributed by atoms with van der Waals surface area (Å²) in [5.74, 6) is -1.91. The minimum absolute atomic E-state index is 0.111. The van der Waals surface area contributed by atoms with Crippen LogP contribution in [0.25, 0.3) is 0 Å². The van der Waals surface area contributed by atoms with Gasteiger partial charge in [0, 0.05) is 5.69 Å². The van der Waals surface area contributed by atoms with Crippen LogP contribution < -0.4 is 11.1 Å². The number of hydrogen-bond donors (Lipinski definition) is 2. The van der Waals surface area contributed by atoms with Gasteiger partial charge in [0.15, 0.2) is 0 Å². The molecule has 1 aliphatic rings. The summed E-state index contributed by atoms with van der Waals surface area (Å²) >= 11 is 0. The lowest BCUT2D eigenvalue weighted by molar-refractivity contribution is -0.140. The molecule has 0 unspecified atom stereocenters. The second kappa shape index (κ2) is 5.05. The highest BCUT2D eigenvalue weighted by molar-refractivity contribution is 5.98. The van der Waals surface area contributed by atoms with Gasteiger partial charge in [-0.2, -0.15) is 13.2 Å². The molecule has 110 valence electrons. The van der Waals surface area contributed by atoms with Gasteiger partial charge in [0.05, 0.1) is 11.1 Å². The zero-order chi connectivity index (χ0) is 15.0. The van der Waals surface area contributed by atoms with E-state index in [2.05, 4.69) is 5.32 Å². The molecule has 7 heteroatoms. The van der Waals surface area contributed by atoms with Crippen LogP contribution in [0.15, 0.2) is 18.2 Å². The first-order valence-electron chi connectivity index (χ1n) is 6.19. The monoisotopic (exact) mass is 290 g/mol. The number of anilines is 1. The van der Waals surface area contributed by atoms with Crippen LogP contribution in [0.5, 0.6) is 0 Å². The van der Waals surface area contributed by atoms with Crippen LogP contribution in [0.2, 0.25) is 0 Å². The Labute approximate surface area is 113 Å². The van der Waals surface area contributed by atoms with E-state index in [1.54, 1.807) is 0 Å². The third-order valence-corrected chi connectivity index (χ3v) is 3.48. The number of hydrogen-bond acceptors (Lipinski definition) is 2. The number of halogens is 4. The highest BCUT2D eigenvalue weighted by Gasteiger charge is 2.38. The van der Waals surface area contributed by atoms with E-state index in [9.17, 15) is 22.4 Å². The molecule has 2 rings (SSSR count). The second-order valence-electron chi connectivity index (χ2n) is 5.01. The SMILES string of the molecule is NC1(C(=O)Nc2ccc(F)c(C(F)(F)F)c2)CCCC1. The number of nitrogens with two attached hydrogens (primary N) is 1. The fourth-order valence-electron chi connectivity index (χ4n) is 2.31. The zero-order valence-electron chi connectivity index (χ0n) is 10.6. The van der Waals surface area contributed by atoms with Gasteiger partial charge in [-0.15, -0.1) is 0 Å². The Kier molecular flexibility index (Phi) is 3.73. The average Bonchev–Trinajstić information content (AvgIpc) is 2.78. The first kappa shape index (κ1) is 14.8. The van der Waals surface area contributed by atoms with E-state index in [4.69, 9.17) is 5.73 Å². The third kappa shape index (κ3) is 2.92. The largest absolute Gasteiger partial charge is 0.419 e. The van der Waals surface area contributed by atoms with Gasteiger partial charge in [-0.1, -0.05) is 12.8 Å². The van der Waals surface area contributed by atoms with Gasteiger partial charge in [0.2, 0.25) is 5.91 Å². The standard InChI is InChI=1S/C13H14F4N2O/c14-10-4-3-8(7-9(10)13(15,16)17)19-11(20)12(18)5-1-2-6-12/h3-4,7H,1-2,5-6,18H2,(H,19,20). The van der Waals surface area contributed by atoms with E-state index in [1.165, 1.54) is 0 Å². The maximum absolute atomic E-state index is 13.1. The van der Waals surface area contributed by atoms with Crippen LogP contribution in [-0.4, -0.2) is 11.4 Å². The van der Waals surface area contributed by atoms with Crippen molar-refractivity contribution in [2.24, 2.45) is 5.73 Å². The van der Waals surface area contributed by atoms with Crippen molar-refractivity contribution in [3.63, 3.8) is 0 Å². The van der Waals surface area contributed by atoms with E-state index in [1.807, 2.05) is 0 Å². The summed E-state index contributed by atoms with van der Waals surface area (Å²) in [4.78, 5) is 12.0. The van der Waals surface area contributed by atoms with Gasteiger partial charge in [0.25, 0.3) is 0 Å². The maximum atomic E-state index is 13.1. The minimum atomic E-state index is -4.81. The highest BCUT2D eigenvalue weighted by atomic mass is 19.4. The van der Waals surface area contributed by atoms with Crippen LogP contribution in [0, 0.1) is 5.82 Å². The van der Waals surface area contributed by atoms with E-state index in [0.717, 1.165) is 18.9 Å². The molecule has 1 fully saturated rings. The van der Waals surface area contributed by atoms with Crippen molar-refractivity contribution in [3.05, 3.63) is 29.6 Å². The van der Waals surface area contributed by atoms with E-state index >= 15 is 0 Å². The first-order valence-corrected chi connectivity index (χ1v) is 6.19. The number of carbonyl (C=O) groups is 1. The number of carbonyl (C=O) groups excluding carboxylic acids is 1. The normalized spacial score (nSPS) is 18.1. The molecular weight excluding hydrogens is 276 g/mol. The number of alkyl halides is 3. The molecule has 0 bridgehead atoms. The minimum Gasteiger partial charge on any atom is -0.324 e. The molecule has 0 aliphatic heterocycles. The molecule has 0 atom stereocenters. The Morgan fingerprint density at radius 2 is 1.85 bits per heavy atom. The molecule has 1 saturated carbocycles. The summed E-state index contributed by atoms with van der Waals surface area (Å²) < 4.78 is 50.8. The number of amides is 1. The highest BCUT2D eigenvalue weighted by Crippen LogP contribution is 2.34. The lowest BCUT2D eigenvalue weighted by atomic mass is 9.98. The van der Waals surface area contributed by atoms with Crippen LogP contribution in [-0.2, 0) is 11.0 Å². The zero-order valence-corrected chi connectivity index (χ0v) is 10.6. The number of benzene rings is 1. The van der Waals surface area contributed by atoms with E-state index in [-0.39, 0.29) is 5.69 Å². The summed E-state index contributed by atoms with van der Waals surface area (Å²) in [5.41, 5.74) is 3.33. The van der Waals surface area contributed by atoms with Crippen molar-refractivity contribution in [2.75, 3.05) is 5.32 Å². The van der Waals surface area contributed by atoms with Crippen molar-refractivity contribution in [2.45, 2.75) is 37.4 Å². The predicted molar refractivity (Wildman–Crippen MR) is 65.4 cm³/mol. The van der Waals surface area contributed by atoms with Gasteiger partial charge >= 0.3 is 6.18 Å². The summed E-state index contributed by atoms with van der Waals surface area (Å²) in [6, 6.07) is 2.34. The fraction of sp³-hybridized carbons (Fsp3) is 0.462. The second-order valence-corrected chi connectivity index (χ2v) is 5.01. The maximum Gasteiger partial charge on any atom is 0.419 e. The van der Waals surface area contributed by atoms with Crippen LogP contribution in [0.1, 0.15) is 31.2 Å². The Hall–Kier alpha value is -1.63. The quantitative estimate of drug-likeness (QED) is 0.822. The fourth-order valence-corrected chi connectivity index (χ4v) is 2.31. The molecule has 3 N–H and O–H groups in total. The van der Waals surface area contributed by atoms with Crippen LogP contribution in [0.3, 0.4) is 0 Å². The van der Waals surface area contributed by atoms with Crippen molar-refractivity contribution in [1.29, 1.82) is 0 Å². The Balaban J connectivity index is 2.20. The summed E-state index contributed by atoms with van der Waals surface area (Å²) in [6.07, 6.45) is -2.21. The molecule has 1 amide bonds. The predicted octanol–water partition coefficient (Wildman–Crippen LogP) is 3.05. The molecule has 1 aromatic rings. The summed E-state index contributed by atoms with van der Waals surface area (Å²) in [7, 11) is 0. The number of nitrogens with one attached hydrogen (secondary N) is 1. The average molecular weight is 290 g/mol. The number of rotatable bonds is 2. The van der Waals surface area contributed by atoms with Crippen molar-refractivity contribution >= 4 is 11.6 Å². The van der Waals surface area contributed by atoms with Crippen molar-refractivity contribution in [1.82, 2.24) is 0 Å². The lowest BCUT2D eigenvalue weighted by Crippen LogP contribution is -2.48. The molecule has 0 aromatic heterocycles. The molecule has 0 heterocycles. The van der Waals surface area contributed by atoms with Crippen molar-refractivity contribution < 1.29 is 22.4 Å². The molecule has 0 spiro atoms. The molecule has 1 aliphatic carbocycles. The molecule has 1 aromatic carbocycles. The molecule has 20 heavy (non-hydrogen) atoms. The first-order chi connectivity index (χ1) is 9.22. The van der Waals surface area contributed by atoms with Gasteiger partial charge in [0.1, 0.15) is 5.82 Å². The smallest absolute Gasteiger partial charge is 0.324 e.